The first-order valence-corrected chi connectivity index (χ1v) is 6.96. The van der Waals surface area contributed by atoms with Crippen molar-refractivity contribution in [2.75, 3.05) is 11.9 Å². The Bertz CT molecular complexity index is 608. The molecule has 2 rings (SSSR count). The van der Waals surface area contributed by atoms with Crippen LogP contribution in [0, 0.1) is 0 Å². The van der Waals surface area contributed by atoms with Crippen molar-refractivity contribution in [2.24, 2.45) is 12.8 Å². The van der Waals surface area contributed by atoms with Crippen LogP contribution < -0.4 is 10.6 Å². The Morgan fingerprint density at radius 3 is 2.84 bits per heavy atom. The largest absolute Gasteiger partial charge is 0.389 e. The Hall–Kier alpha value is -1.40. The molecule has 0 aliphatic rings. The zero-order valence-corrected chi connectivity index (χ0v) is 13.2. The van der Waals surface area contributed by atoms with Crippen LogP contribution in [0.15, 0.2) is 35.1 Å². The summed E-state index contributed by atoms with van der Waals surface area (Å²) >= 11 is 8.62. The number of hydrogen-bond donors (Lipinski definition) is 1. The lowest BCUT2D eigenvalue weighted by Crippen LogP contribution is -2.21. The van der Waals surface area contributed by atoms with Gasteiger partial charge in [0, 0.05) is 48.1 Å². The number of benzene rings is 1. The second-order valence-corrected chi connectivity index (χ2v) is 5.67. The van der Waals surface area contributed by atoms with E-state index in [1.807, 2.05) is 44.7 Å². The van der Waals surface area contributed by atoms with Gasteiger partial charge in [-0.2, -0.15) is 5.10 Å². The Balaban J connectivity index is 2.31. The molecule has 1 aromatic carbocycles. The van der Waals surface area contributed by atoms with Gasteiger partial charge in [0.1, 0.15) is 4.99 Å². The average molecular weight is 339 g/mol. The monoisotopic (exact) mass is 338 g/mol. The molecule has 6 heteroatoms. The first kappa shape index (κ1) is 14.0. The van der Waals surface area contributed by atoms with Crippen molar-refractivity contribution in [2.45, 2.75) is 6.54 Å². The maximum Gasteiger partial charge on any atom is 0.107 e. The van der Waals surface area contributed by atoms with Gasteiger partial charge in [-0.15, -0.1) is 0 Å². The maximum absolute atomic E-state index is 5.81. The Morgan fingerprint density at radius 2 is 2.26 bits per heavy atom. The highest BCUT2D eigenvalue weighted by molar-refractivity contribution is 9.10. The number of nitrogens with two attached hydrogens (primary N) is 1. The van der Waals surface area contributed by atoms with Crippen LogP contribution in [0.2, 0.25) is 0 Å². The topological polar surface area (TPSA) is 47.1 Å². The Kier molecular flexibility index (Phi) is 4.21. The molecule has 0 amide bonds. The van der Waals surface area contributed by atoms with Gasteiger partial charge >= 0.3 is 0 Å². The summed E-state index contributed by atoms with van der Waals surface area (Å²) in [5, 5.41) is 4.17. The summed E-state index contributed by atoms with van der Waals surface area (Å²) < 4.78 is 2.70. The van der Waals surface area contributed by atoms with Crippen molar-refractivity contribution >= 4 is 38.8 Å². The van der Waals surface area contributed by atoms with Crippen molar-refractivity contribution in [3.05, 3.63) is 46.2 Å². The number of rotatable bonds is 4. The van der Waals surface area contributed by atoms with Gasteiger partial charge in [-0.25, -0.2) is 0 Å². The summed E-state index contributed by atoms with van der Waals surface area (Å²) in [4.78, 5) is 2.50. The molecule has 0 saturated heterocycles. The predicted molar refractivity (Wildman–Crippen MR) is 85.3 cm³/mol. The first-order valence-electron chi connectivity index (χ1n) is 5.76. The molecule has 4 nitrogen and oxygen atoms in total. The van der Waals surface area contributed by atoms with Gasteiger partial charge in [-0.1, -0.05) is 18.3 Å². The van der Waals surface area contributed by atoms with Crippen LogP contribution in [0.4, 0.5) is 5.69 Å². The second-order valence-electron chi connectivity index (χ2n) is 4.38. The van der Waals surface area contributed by atoms with Gasteiger partial charge in [0.2, 0.25) is 0 Å². The first-order chi connectivity index (χ1) is 8.99. The van der Waals surface area contributed by atoms with Crippen LogP contribution >= 0.6 is 28.1 Å². The van der Waals surface area contributed by atoms with Crippen molar-refractivity contribution in [1.82, 2.24) is 9.78 Å². The molecule has 0 radical (unpaired) electrons. The third-order valence-corrected chi connectivity index (χ3v) is 3.69. The normalized spacial score (nSPS) is 10.5. The number of aryl methyl sites for hydroxylation is 1. The molecule has 100 valence electrons. The highest BCUT2D eigenvalue weighted by atomic mass is 79.9. The van der Waals surface area contributed by atoms with Crippen molar-refractivity contribution in [3.8, 4) is 0 Å². The van der Waals surface area contributed by atoms with Crippen molar-refractivity contribution in [3.63, 3.8) is 0 Å². The number of thiocarbonyl (C=S) groups is 1. The van der Waals surface area contributed by atoms with Crippen molar-refractivity contribution < 1.29 is 0 Å². The summed E-state index contributed by atoms with van der Waals surface area (Å²) in [5.41, 5.74) is 8.82. The molecule has 0 aliphatic carbocycles. The van der Waals surface area contributed by atoms with E-state index in [9.17, 15) is 0 Å². The number of aromatic nitrogens is 2. The fourth-order valence-corrected chi connectivity index (χ4v) is 2.90. The van der Waals surface area contributed by atoms with E-state index in [-0.39, 0.29) is 0 Å². The van der Waals surface area contributed by atoms with Crippen LogP contribution in [-0.2, 0) is 13.6 Å². The molecular weight excluding hydrogens is 324 g/mol. The van der Waals surface area contributed by atoms with E-state index >= 15 is 0 Å². The highest BCUT2D eigenvalue weighted by Gasteiger charge is 2.13. The minimum Gasteiger partial charge on any atom is -0.389 e. The molecular formula is C13H15BrN4S. The third kappa shape index (κ3) is 3.13. The fraction of sp³-hybridized carbons (Fsp3) is 0.231. The summed E-state index contributed by atoms with van der Waals surface area (Å²) in [5.74, 6) is 0. The smallest absolute Gasteiger partial charge is 0.107 e. The van der Waals surface area contributed by atoms with Crippen LogP contribution in [0.5, 0.6) is 0 Å². The fourth-order valence-electron chi connectivity index (χ4n) is 1.99. The molecule has 1 aromatic heterocycles. The minimum atomic E-state index is 0.389. The number of hydrogen-bond acceptors (Lipinski definition) is 3. The number of anilines is 1. The quantitative estimate of drug-likeness (QED) is 0.870. The van der Waals surface area contributed by atoms with Gasteiger partial charge in [0.15, 0.2) is 0 Å². The highest BCUT2D eigenvalue weighted by Crippen LogP contribution is 2.28. The molecule has 2 N–H and O–H groups in total. The lowest BCUT2D eigenvalue weighted by atomic mass is 10.1. The van der Waals surface area contributed by atoms with Gasteiger partial charge in [0.05, 0.1) is 6.20 Å². The summed E-state index contributed by atoms with van der Waals surface area (Å²) in [6.07, 6.45) is 3.85. The molecule has 0 aliphatic heterocycles. The zero-order valence-electron chi connectivity index (χ0n) is 10.8. The average Bonchev–Trinajstić information content (AvgIpc) is 2.73. The van der Waals surface area contributed by atoms with Gasteiger partial charge < -0.3 is 10.6 Å². The summed E-state index contributed by atoms with van der Waals surface area (Å²) in [7, 11) is 3.92. The minimum absolute atomic E-state index is 0.389. The molecule has 0 unspecified atom stereocenters. The van der Waals surface area contributed by atoms with E-state index < -0.39 is 0 Å². The van der Waals surface area contributed by atoms with Gasteiger partial charge in [0.25, 0.3) is 0 Å². The van der Waals surface area contributed by atoms with Crippen LogP contribution in [0.3, 0.4) is 0 Å². The summed E-state index contributed by atoms with van der Waals surface area (Å²) in [6, 6.07) is 5.92. The number of nitrogens with zero attached hydrogens (tertiary/aromatic N) is 3. The van der Waals surface area contributed by atoms with E-state index in [0.29, 0.717) is 4.99 Å². The Labute approximate surface area is 126 Å². The zero-order chi connectivity index (χ0) is 14.0. The second kappa shape index (κ2) is 5.71. The Morgan fingerprint density at radius 1 is 1.53 bits per heavy atom. The molecule has 1 heterocycles. The molecule has 0 saturated carbocycles. The number of halogens is 1. The molecule has 0 spiro atoms. The van der Waals surface area contributed by atoms with Gasteiger partial charge in [-0.3, -0.25) is 4.68 Å². The van der Waals surface area contributed by atoms with E-state index in [1.165, 1.54) is 0 Å². The molecule has 2 aromatic rings. The van der Waals surface area contributed by atoms with Crippen LogP contribution in [0.25, 0.3) is 0 Å². The van der Waals surface area contributed by atoms with Gasteiger partial charge in [-0.05, 0) is 28.1 Å². The van der Waals surface area contributed by atoms with Crippen LogP contribution in [-0.4, -0.2) is 21.8 Å². The molecule has 19 heavy (non-hydrogen) atoms. The lowest BCUT2D eigenvalue weighted by Gasteiger charge is -2.22. The predicted octanol–water partition coefficient (Wildman–Crippen LogP) is 2.45. The lowest BCUT2D eigenvalue weighted by molar-refractivity contribution is 0.766. The van der Waals surface area contributed by atoms with E-state index in [2.05, 4.69) is 25.9 Å². The molecule has 0 atom stereocenters. The molecule has 0 fully saturated rings. The SMILES string of the molecule is CN(Cc1cnn(C)c1)c1cccc(Br)c1C(N)=S. The maximum atomic E-state index is 5.81. The van der Waals surface area contributed by atoms with E-state index in [0.717, 1.165) is 27.8 Å². The molecule has 0 bridgehead atoms. The standard InChI is InChI=1S/C13H15BrN4S/c1-17(7-9-6-16-18(2)8-9)11-5-3-4-10(14)12(11)13(15)19/h3-6,8H,7H2,1-2H3,(H2,15,19). The van der Waals surface area contributed by atoms with Crippen LogP contribution in [0.1, 0.15) is 11.1 Å². The third-order valence-electron chi connectivity index (χ3n) is 2.83. The van der Waals surface area contributed by atoms with Crippen molar-refractivity contribution in [1.29, 1.82) is 0 Å². The summed E-state index contributed by atoms with van der Waals surface area (Å²) in [6.45, 7) is 0.750. The van der Waals surface area contributed by atoms with E-state index in [4.69, 9.17) is 18.0 Å². The van der Waals surface area contributed by atoms with E-state index in [1.54, 1.807) is 4.68 Å².